The number of hydrogen-bond donors (Lipinski definition) is 1. The van der Waals surface area contributed by atoms with Crippen LogP contribution >= 0.6 is 0 Å². The van der Waals surface area contributed by atoms with Crippen LogP contribution in [0.15, 0.2) is 18.2 Å². The van der Waals surface area contributed by atoms with Crippen molar-refractivity contribution >= 4 is 21.8 Å². The van der Waals surface area contributed by atoms with Gasteiger partial charge in [-0.2, -0.15) is 4.31 Å². The molecule has 0 saturated carbocycles. The molecule has 0 unspecified atom stereocenters. The van der Waals surface area contributed by atoms with E-state index in [1.54, 1.807) is 11.0 Å². The van der Waals surface area contributed by atoms with Gasteiger partial charge in [0.1, 0.15) is 0 Å². The Labute approximate surface area is 146 Å². The highest BCUT2D eigenvalue weighted by molar-refractivity contribution is 7.88. The van der Waals surface area contributed by atoms with Crippen LogP contribution < -0.4 is 15.2 Å². The number of carbonyl (C=O) groups excluding carboxylic acids is 2. The van der Waals surface area contributed by atoms with Gasteiger partial charge in [-0.05, 0) is 18.2 Å². The normalized spacial score (nSPS) is 15.7. The average Bonchev–Trinajstić information content (AvgIpc) is 2.58. The summed E-state index contributed by atoms with van der Waals surface area (Å²) in [6, 6.07) is 4.60. The van der Waals surface area contributed by atoms with E-state index in [1.165, 1.54) is 23.5 Å². The fourth-order valence-corrected chi connectivity index (χ4v) is 3.30. The van der Waals surface area contributed by atoms with Gasteiger partial charge in [0.15, 0.2) is 18.1 Å². The van der Waals surface area contributed by atoms with Crippen LogP contribution in [0.1, 0.15) is 10.4 Å². The lowest BCUT2D eigenvalue weighted by atomic mass is 10.1. The summed E-state index contributed by atoms with van der Waals surface area (Å²) in [5.74, 6) is -0.236. The number of primary amides is 1. The van der Waals surface area contributed by atoms with Gasteiger partial charge in [0.25, 0.3) is 11.8 Å². The summed E-state index contributed by atoms with van der Waals surface area (Å²) < 4.78 is 34.8. The number of carbonyl (C=O) groups is 2. The minimum atomic E-state index is -3.25. The summed E-state index contributed by atoms with van der Waals surface area (Å²) in [5.41, 5.74) is 5.42. The summed E-state index contributed by atoms with van der Waals surface area (Å²) in [6.45, 7) is 0.864. The number of methoxy groups -OCH3 is 1. The van der Waals surface area contributed by atoms with E-state index in [0.717, 1.165) is 6.26 Å². The van der Waals surface area contributed by atoms with Crippen molar-refractivity contribution in [3.05, 3.63) is 23.8 Å². The molecular weight excluding hydrogens is 350 g/mol. The Bertz CT molecular complexity index is 757. The van der Waals surface area contributed by atoms with Gasteiger partial charge in [0.05, 0.1) is 13.4 Å². The molecule has 1 fully saturated rings. The molecule has 10 heteroatoms. The molecule has 25 heavy (non-hydrogen) atoms. The van der Waals surface area contributed by atoms with Crippen LogP contribution in [0.4, 0.5) is 0 Å². The molecule has 0 spiro atoms. The molecule has 1 aliphatic heterocycles. The molecule has 9 nitrogen and oxygen atoms in total. The molecule has 0 aliphatic carbocycles. The number of nitrogens with zero attached hydrogens (tertiary/aromatic N) is 2. The van der Waals surface area contributed by atoms with E-state index in [0.29, 0.717) is 30.2 Å². The largest absolute Gasteiger partial charge is 0.493 e. The maximum Gasteiger partial charge on any atom is 0.255 e. The zero-order chi connectivity index (χ0) is 18.6. The Kier molecular flexibility index (Phi) is 5.85. The summed E-state index contributed by atoms with van der Waals surface area (Å²) in [7, 11) is -1.83. The summed E-state index contributed by atoms with van der Waals surface area (Å²) >= 11 is 0. The van der Waals surface area contributed by atoms with Gasteiger partial charge in [-0.3, -0.25) is 9.59 Å². The number of ether oxygens (including phenoxy) is 2. The molecule has 1 aromatic carbocycles. The van der Waals surface area contributed by atoms with E-state index < -0.39 is 15.9 Å². The van der Waals surface area contributed by atoms with Crippen LogP contribution in [-0.2, 0) is 14.8 Å². The fraction of sp³-hybridized carbons (Fsp3) is 0.467. The first-order valence-electron chi connectivity index (χ1n) is 7.56. The van der Waals surface area contributed by atoms with Gasteiger partial charge >= 0.3 is 0 Å². The fourth-order valence-electron chi connectivity index (χ4n) is 2.47. The molecule has 2 rings (SSSR count). The molecule has 1 heterocycles. The van der Waals surface area contributed by atoms with Gasteiger partial charge < -0.3 is 20.1 Å². The van der Waals surface area contributed by atoms with E-state index in [4.69, 9.17) is 15.2 Å². The predicted octanol–water partition coefficient (Wildman–Crippen LogP) is -0.723. The maximum atomic E-state index is 12.6. The van der Waals surface area contributed by atoms with Crippen molar-refractivity contribution in [1.82, 2.24) is 9.21 Å². The molecule has 0 atom stereocenters. The summed E-state index contributed by atoms with van der Waals surface area (Å²) in [4.78, 5) is 25.0. The molecule has 1 aromatic rings. The van der Waals surface area contributed by atoms with Crippen LogP contribution in [0.25, 0.3) is 0 Å². The smallest absolute Gasteiger partial charge is 0.255 e. The Morgan fingerprint density at radius 3 is 2.32 bits per heavy atom. The minimum absolute atomic E-state index is 0.229. The highest BCUT2D eigenvalue weighted by Crippen LogP contribution is 2.28. The van der Waals surface area contributed by atoms with Gasteiger partial charge in [-0.25, -0.2) is 8.42 Å². The lowest BCUT2D eigenvalue weighted by Crippen LogP contribution is -2.50. The van der Waals surface area contributed by atoms with E-state index in [2.05, 4.69) is 0 Å². The third-order valence-electron chi connectivity index (χ3n) is 3.78. The third kappa shape index (κ3) is 4.83. The molecule has 0 bridgehead atoms. The second-order valence-electron chi connectivity index (χ2n) is 5.57. The van der Waals surface area contributed by atoms with Crippen molar-refractivity contribution in [1.29, 1.82) is 0 Å². The third-order valence-corrected chi connectivity index (χ3v) is 5.08. The molecule has 2 amide bonds. The average molecular weight is 371 g/mol. The predicted molar refractivity (Wildman–Crippen MR) is 90.0 cm³/mol. The number of amides is 2. The monoisotopic (exact) mass is 371 g/mol. The van der Waals surface area contributed by atoms with Crippen molar-refractivity contribution in [2.45, 2.75) is 0 Å². The van der Waals surface area contributed by atoms with Crippen LogP contribution in [-0.4, -0.2) is 75.6 Å². The summed E-state index contributed by atoms with van der Waals surface area (Å²) in [6.07, 6.45) is 1.15. The zero-order valence-corrected chi connectivity index (χ0v) is 14.9. The minimum Gasteiger partial charge on any atom is -0.493 e. The number of piperazine rings is 1. The van der Waals surface area contributed by atoms with Crippen LogP contribution in [0, 0.1) is 0 Å². The summed E-state index contributed by atoms with van der Waals surface area (Å²) in [5, 5.41) is 0. The van der Waals surface area contributed by atoms with Crippen molar-refractivity contribution in [2.24, 2.45) is 5.73 Å². The maximum absolute atomic E-state index is 12.6. The first kappa shape index (κ1) is 19.0. The van der Waals surface area contributed by atoms with Gasteiger partial charge in [0.2, 0.25) is 10.0 Å². The van der Waals surface area contributed by atoms with Crippen molar-refractivity contribution in [3.8, 4) is 11.5 Å². The highest BCUT2D eigenvalue weighted by Gasteiger charge is 2.27. The first-order valence-corrected chi connectivity index (χ1v) is 9.40. The number of rotatable bonds is 6. The van der Waals surface area contributed by atoms with Crippen molar-refractivity contribution in [3.63, 3.8) is 0 Å². The van der Waals surface area contributed by atoms with Gasteiger partial charge in [-0.15, -0.1) is 0 Å². The lowest BCUT2D eigenvalue weighted by molar-refractivity contribution is -0.119. The topological polar surface area (TPSA) is 119 Å². The number of nitrogens with two attached hydrogens (primary N) is 1. The number of sulfonamides is 1. The van der Waals surface area contributed by atoms with E-state index in [1.807, 2.05) is 0 Å². The Morgan fingerprint density at radius 2 is 1.80 bits per heavy atom. The van der Waals surface area contributed by atoms with Crippen LogP contribution in [0.5, 0.6) is 11.5 Å². The molecule has 2 N–H and O–H groups in total. The Hall–Kier alpha value is -2.33. The van der Waals surface area contributed by atoms with Crippen molar-refractivity contribution < 1.29 is 27.5 Å². The molecule has 138 valence electrons. The second kappa shape index (κ2) is 7.70. The first-order chi connectivity index (χ1) is 11.7. The SMILES string of the molecule is COc1cc(C(=O)N2CCN(S(C)(=O)=O)CC2)ccc1OCC(N)=O. The van der Waals surface area contributed by atoms with E-state index >= 15 is 0 Å². The molecule has 0 aromatic heterocycles. The molecular formula is C15H21N3O6S. The quantitative estimate of drug-likeness (QED) is 0.705. The van der Waals surface area contributed by atoms with Gasteiger partial charge in [-0.1, -0.05) is 0 Å². The molecule has 1 saturated heterocycles. The standard InChI is InChI=1S/C15H21N3O6S/c1-23-13-9-11(3-4-12(13)24-10-14(16)19)15(20)17-5-7-18(8-6-17)25(2,21)22/h3-4,9H,5-8,10H2,1-2H3,(H2,16,19). The van der Waals surface area contributed by atoms with Crippen molar-refractivity contribution in [2.75, 3.05) is 46.2 Å². The Morgan fingerprint density at radius 1 is 1.16 bits per heavy atom. The Balaban J connectivity index is 2.08. The highest BCUT2D eigenvalue weighted by atomic mass is 32.2. The molecule has 1 aliphatic rings. The number of hydrogen-bond acceptors (Lipinski definition) is 6. The van der Waals surface area contributed by atoms with E-state index in [9.17, 15) is 18.0 Å². The van der Waals surface area contributed by atoms with Gasteiger partial charge in [0, 0.05) is 31.7 Å². The lowest BCUT2D eigenvalue weighted by Gasteiger charge is -2.33. The van der Waals surface area contributed by atoms with Crippen LogP contribution in [0.2, 0.25) is 0 Å². The zero-order valence-electron chi connectivity index (χ0n) is 14.1. The van der Waals surface area contributed by atoms with Crippen LogP contribution in [0.3, 0.4) is 0 Å². The molecule has 0 radical (unpaired) electrons. The second-order valence-corrected chi connectivity index (χ2v) is 7.56. The number of benzene rings is 1. The van der Waals surface area contributed by atoms with E-state index in [-0.39, 0.29) is 25.6 Å².